The first kappa shape index (κ1) is 15.9. The molecule has 0 aromatic heterocycles. The Bertz CT molecular complexity index is 500. The zero-order valence-corrected chi connectivity index (χ0v) is 14.1. The van der Waals surface area contributed by atoms with Gasteiger partial charge >= 0.3 is 0 Å². The molecule has 2 aliphatic rings. The van der Waals surface area contributed by atoms with Crippen LogP contribution < -0.4 is 4.90 Å². The van der Waals surface area contributed by atoms with Gasteiger partial charge in [0.05, 0.1) is 0 Å². The standard InChI is InChI=1S/C18H25FN2S/c1-14(22)15-2-6-17(7-3-15)20-10-12-21(13-11-20)18-8-4-16(19)5-9-18/h4-5,8-9,15,17H,2-3,6-7,10-13H2,1H3. The number of benzene rings is 1. The lowest BCUT2D eigenvalue weighted by Gasteiger charge is -2.42. The zero-order chi connectivity index (χ0) is 15.5. The highest BCUT2D eigenvalue weighted by molar-refractivity contribution is 7.80. The average molecular weight is 320 g/mol. The molecule has 0 atom stereocenters. The van der Waals surface area contributed by atoms with Crippen molar-refractivity contribution in [2.24, 2.45) is 5.92 Å². The summed E-state index contributed by atoms with van der Waals surface area (Å²) in [5.41, 5.74) is 1.14. The summed E-state index contributed by atoms with van der Waals surface area (Å²) < 4.78 is 13.0. The van der Waals surface area contributed by atoms with Crippen LogP contribution in [0.4, 0.5) is 10.1 Å². The van der Waals surface area contributed by atoms with E-state index in [4.69, 9.17) is 12.2 Å². The van der Waals surface area contributed by atoms with Gasteiger partial charge in [-0.2, -0.15) is 0 Å². The average Bonchev–Trinajstić information content (AvgIpc) is 2.56. The molecule has 0 radical (unpaired) electrons. The van der Waals surface area contributed by atoms with Gasteiger partial charge < -0.3 is 4.90 Å². The first-order valence-electron chi connectivity index (χ1n) is 8.38. The molecular weight excluding hydrogens is 295 g/mol. The van der Waals surface area contributed by atoms with Gasteiger partial charge in [0, 0.05) is 37.9 Å². The van der Waals surface area contributed by atoms with Crippen molar-refractivity contribution in [3.05, 3.63) is 30.1 Å². The van der Waals surface area contributed by atoms with E-state index in [9.17, 15) is 4.39 Å². The smallest absolute Gasteiger partial charge is 0.123 e. The second-order valence-electron chi connectivity index (χ2n) is 6.62. The molecule has 1 aliphatic heterocycles. The van der Waals surface area contributed by atoms with E-state index in [1.165, 1.54) is 30.5 Å². The van der Waals surface area contributed by atoms with E-state index >= 15 is 0 Å². The first-order valence-corrected chi connectivity index (χ1v) is 8.79. The minimum Gasteiger partial charge on any atom is -0.369 e. The predicted octanol–water partition coefficient (Wildman–Crippen LogP) is 3.90. The van der Waals surface area contributed by atoms with E-state index in [0.717, 1.165) is 37.9 Å². The third kappa shape index (κ3) is 3.66. The molecule has 2 fully saturated rings. The summed E-state index contributed by atoms with van der Waals surface area (Å²) in [5.74, 6) is 0.514. The van der Waals surface area contributed by atoms with Crippen LogP contribution in [-0.4, -0.2) is 42.0 Å². The highest BCUT2D eigenvalue weighted by Gasteiger charge is 2.28. The van der Waals surface area contributed by atoms with E-state index in [0.29, 0.717) is 5.92 Å². The normalized spacial score (nSPS) is 26.9. The molecule has 1 saturated heterocycles. The Hall–Kier alpha value is -1.00. The fraction of sp³-hybridized carbons (Fsp3) is 0.611. The lowest BCUT2D eigenvalue weighted by molar-refractivity contribution is 0.140. The van der Waals surface area contributed by atoms with Crippen LogP contribution in [0.3, 0.4) is 0 Å². The molecule has 0 amide bonds. The molecular formula is C18H25FN2S. The van der Waals surface area contributed by atoms with E-state index < -0.39 is 0 Å². The van der Waals surface area contributed by atoms with Gasteiger partial charge in [-0.15, -0.1) is 0 Å². The summed E-state index contributed by atoms with van der Waals surface area (Å²) in [6.45, 7) is 6.41. The summed E-state index contributed by atoms with van der Waals surface area (Å²) in [6, 6.07) is 7.62. The van der Waals surface area contributed by atoms with Gasteiger partial charge in [-0.3, -0.25) is 4.90 Å². The molecule has 0 bridgehead atoms. The third-order valence-corrected chi connectivity index (χ3v) is 5.63. The second kappa shape index (κ2) is 7.05. The molecule has 1 saturated carbocycles. The lowest BCUT2D eigenvalue weighted by atomic mass is 9.83. The molecule has 1 aromatic rings. The number of hydrogen-bond donors (Lipinski definition) is 0. The van der Waals surface area contributed by atoms with Crippen LogP contribution in [0.25, 0.3) is 0 Å². The van der Waals surface area contributed by atoms with Gasteiger partial charge in [-0.05, 0) is 67.7 Å². The Morgan fingerprint density at radius 2 is 1.59 bits per heavy atom. The van der Waals surface area contributed by atoms with Crippen LogP contribution in [0.1, 0.15) is 32.6 Å². The summed E-state index contributed by atoms with van der Waals surface area (Å²) in [6.07, 6.45) is 5.10. The highest BCUT2D eigenvalue weighted by Crippen LogP contribution is 2.29. The number of piperazine rings is 1. The monoisotopic (exact) mass is 320 g/mol. The van der Waals surface area contributed by atoms with Gasteiger partial charge in [-0.25, -0.2) is 4.39 Å². The Labute approximate surface area is 138 Å². The molecule has 0 unspecified atom stereocenters. The molecule has 2 nitrogen and oxygen atoms in total. The molecule has 0 spiro atoms. The molecule has 1 aromatic carbocycles. The fourth-order valence-electron chi connectivity index (χ4n) is 3.84. The van der Waals surface area contributed by atoms with Crippen molar-refractivity contribution in [3.8, 4) is 0 Å². The van der Waals surface area contributed by atoms with E-state index in [-0.39, 0.29) is 5.82 Å². The van der Waals surface area contributed by atoms with Crippen molar-refractivity contribution in [1.29, 1.82) is 0 Å². The summed E-state index contributed by atoms with van der Waals surface area (Å²) >= 11 is 5.34. The summed E-state index contributed by atoms with van der Waals surface area (Å²) in [4.78, 5) is 6.21. The van der Waals surface area contributed by atoms with Crippen LogP contribution in [0.15, 0.2) is 24.3 Å². The second-order valence-corrected chi connectivity index (χ2v) is 7.26. The first-order chi connectivity index (χ1) is 10.6. The number of thiocarbonyl (C=S) groups is 1. The molecule has 1 heterocycles. The number of nitrogens with zero attached hydrogens (tertiary/aromatic N) is 2. The van der Waals surface area contributed by atoms with Crippen LogP contribution in [0.5, 0.6) is 0 Å². The Morgan fingerprint density at radius 1 is 1.00 bits per heavy atom. The summed E-state index contributed by atoms with van der Waals surface area (Å²) in [7, 11) is 0. The van der Waals surface area contributed by atoms with Crippen molar-refractivity contribution in [2.45, 2.75) is 38.6 Å². The minimum absolute atomic E-state index is 0.159. The number of halogens is 1. The van der Waals surface area contributed by atoms with Gasteiger partial charge in [0.15, 0.2) is 0 Å². The Kier molecular flexibility index (Phi) is 5.09. The highest BCUT2D eigenvalue weighted by atomic mass is 32.1. The van der Waals surface area contributed by atoms with Crippen LogP contribution >= 0.6 is 12.2 Å². The zero-order valence-electron chi connectivity index (χ0n) is 13.3. The van der Waals surface area contributed by atoms with E-state index in [1.54, 1.807) is 12.1 Å². The lowest BCUT2D eigenvalue weighted by Crippen LogP contribution is -2.51. The van der Waals surface area contributed by atoms with Crippen molar-refractivity contribution < 1.29 is 4.39 Å². The van der Waals surface area contributed by atoms with Gasteiger partial charge in [0.1, 0.15) is 5.82 Å². The SMILES string of the molecule is CC(=S)C1CCC(N2CCN(c3ccc(F)cc3)CC2)CC1. The third-order valence-electron chi connectivity index (χ3n) is 5.29. The molecule has 22 heavy (non-hydrogen) atoms. The maximum absolute atomic E-state index is 13.0. The molecule has 4 heteroatoms. The van der Waals surface area contributed by atoms with E-state index in [1.807, 2.05) is 12.1 Å². The topological polar surface area (TPSA) is 6.48 Å². The van der Waals surface area contributed by atoms with Crippen molar-refractivity contribution in [3.63, 3.8) is 0 Å². The molecule has 1 aliphatic carbocycles. The Morgan fingerprint density at radius 3 is 2.14 bits per heavy atom. The number of rotatable bonds is 3. The molecule has 120 valence electrons. The van der Waals surface area contributed by atoms with Crippen molar-refractivity contribution in [1.82, 2.24) is 4.90 Å². The van der Waals surface area contributed by atoms with E-state index in [2.05, 4.69) is 16.7 Å². The number of anilines is 1. The van der Waals surface area contributed by atoms with Crippen molar-refractivity contribution in [2.75, 3.05) is 31.1 Å². The van der Waals surface area contributed by atoms with Gasteiger partial charge in [0.2, 0.25) is 0 Å². The van der Waals surface area contributed by atoms with Crippen molar-refractivity contribution >= 4 is 22.8 Å². The van der Waals surface area contributed by atoms with Crippen LogP contribution in [0.2, 0.25) is 0 Å². The molecule has 3 rings (SSSR count). The Balaban J connectivity index is 1.50. The van der Waals surface area contributed by atoms with Crippen LogP contribution in [0, 0.1) is 11.7 Å². The predicted molar refractivity (Wildman–Crippen MR) is 94.2 cm³/mol. The summed E-state index contributed by atoms with van der Waals surface area (Å²) in [5, 5.41) is 0. The minimum atomic E-state index is -0.159. The van der Waals surface area contributed by atoms with Crippen LogP contribution in [-0.2, 0) is 0 Å². The number of hydrogen-bond acceptors (Lipinski definition) is 3. The maximum Gasteiger partial charge on any atom is 0.123 e. The van der Waals surface area contributed by atoms with Gasteiger partial charge in [0.25, 0.3) is 0 Å². The maximum atomic E-state index is 13.0. The quantitative estimate of drug-likeness (QED) is 0.780. The molecule has 0 N–H and O–H groups in total. The van der Waals surface area contributed by atoms with Gasteiger partial charge in [-0.1, -0.05) is 12.2 Å². The fourth-order valence-corrected chi connectivity index (χ4v) is 4.08. The largest absolute Gasteiger partial charge is 0.369 e.